The number of anilines is 1. The number of ether oxygens (including phenoxy) is 1. The molecular formula is C30H35ClFN3O5S. The largest absolute Gasteiger partial charge is 0.497 e. The lowest BCUT2D eigenvalue weighted by molar-refractivity contribution is -0.140. The Morgan fingerprint density at radius 1 is 0.951 bits per heavy atom. The minimum Gasteiger partial charge on any atom is -0.497 e. The second-order valence-corrected chi connectivity index (χ2v) is 11.9. The lowest BCUT2D eigenvalue weighted by Gasteiger charge is -2.33. The van der Waals surface area contributed by atoms with Gasteiger partial charge in [-0.3, -0.25) is 13.9 Å². The summed E-state index contributed by atoms with van der Waals surface area (Å²) in [6, 6.07) is 16.5. The van der Waals surface area contributed by atoms with E-state index >= 15 is 0 Å². The van der Waals surface area contributed by atoms with Crippen LogP contribution >= 0.6 is 11.6 Å². The van der Waals surface area contributed by atoms with E-state index in [2.05, 4.69) is 5.32 Å². The average Bonchev–Trinajstić information content (AvgIpc) is 2.97. The minimum absolute atomic E-state index is 0.0252. The Hall–Kier alpha value is -3.63. The van der Waals surface area contributed by atoms with Gasteiger partial charge in [-0.2, -0.15) is 0 Å². The zero-order valence-electron chi connectivity index (χ0n) is 23.5. The van der Waals surface area contributed by atoms with Crippen LogP contribution in [0.2, 0.25) is 5.02 Å². The fourth-order valence-corrected chi connectivity index (χ4v) is 5.70. The fourth-order valence-electron chi connectivity index (χ4n) is 4.16. The first-order valence-electron chi connectivity index (χ1n) is 13.3. The Morgan fingerprint density at radius 2 is 1.56 bits per heavy atom. The SMILES string of the molecule is CC[C@H](C)NC(=O)[C@H](CC)N(Cc1ccc(F)cc1)C(=O)CN(c1ccc(Cl)cc1)S(=O)(=O)c1ccc(OC)cc1. The maximum atomic E-state index is 14.0. The highest BCUT2D eigenvalue weighted by Crippen LogP contribution is 2.27. The van der Waals surface area contributed by atoms with Crippen molar-refractivity contribution in [3.8, 4) is 5.75 Å². The summed E-state index contributed by atoms with van der Waals surface area (Å²) in [7, 11) is -2.77. The van der Waals surface area contributed by atoms with Crippen molar-refractivity contribution in [2.24, 2.45) is 0 Å². The molecule has 2 amide bonds. The van der Waals surface area contributed by atoms with Crippen LogP contribution in [0.1, 0.15) is 39.2 Å². The number of nitrogens with one attached hydrogen (secondary N) is 1. The zero-order chi connectivity index (χ0) is 30.2. The van der Waals surface area contributed by atoms with Crippen molar-refractivity contribution >= 4 is 39.1 Å². The highest BCUT2D eigenvalue weighted by Gasteiger charge is 2.34. The predicted octanol–water partition coefficient (Wildman–Crippen LogP) is 5.41. The van der Waals surface area contributed by atoms with Gasteiger partial charge in [0.2, 0.25) is 11.8 Å². The first-order chi connectivity index (χ1) is 19.5. The molecular weight excluding hydrogens is 569 g/mol. The molecule has 0 radical (unpaired) electrons. The molecule has 0 fully saturated rings. The number of hydrogen-bond acceptors (Lipinski definition) is 5. The van der Waals surface area contributed by atoms with Gasteiger partial charge < -0.3 is 15.0 Å². The second kappa shape index (κ2) is 14.3. The molecule has 0 aliphatic carbocycles. The van der Waals surface area contributed by atoms with Gasteiger partial charge in [-0.1, -0.05) is 37.6 Å². The van der Waals surface area contributed by atoms with Crippen LogP contribution in [-0.4, -0.2) is 50.9 Å². The van der Waals surface area contributed by atoms with Gasteiger partial charge in [0.25, 0.3) is 10.0 Å². The van der Waals surface area contributed by atoms with Gasteiger partial charge in [0.05, 0.1) is 17.7 Å². The molecule has 1 N–H and O–H groups in total. The fraction of sp³-hybridized carbons (Fsp3) is 0.333. The predicted molar refractivity (Wildman–Crippen MR) is 158 cm³/mol. The molecule has 0 spiro atoms. The molecule has 11 heteroatoms. The number of carbonyl (C=O) groups is 2. The van der Waals surface area contributed by atoms with Crippen molar-refractivity contribution in [2.45, 2.75) is 57.1 Å². The van der Waals surface area contributed by atoms with Crippen LogP contribution < -0.4 is 14.4 Å². The van der Waals surface area contributed by atoms with Crippen LogP contribution in [0.5, 0.6) is 5.75 Å². The molecule has 2 atom stereocenters. The van der Waals surface area contributed by atoms with Crippen molar-refractivity contribution in [2.75, 3.05) is 18.0 Å². The average molecular weight is 604 g/mol. The van der Waals surface area contributed by atoms with Crippen LogP contribution in [0.3, 0.4) is 0 Å². The van der Waals surface area contributed by atoms with Gasteiger partial charge >= 0.3 is 0 Å². The van der Waals surface area contributed by atoms with E-state index in [1.165, 1.54) is 84.8 Å². The second-order valence-electron chi connectivity index (χ2n) is 9.55. The highest BCUT2D eigenvalue weighted by molar-refractivity contribution is 7.92. The summed E-state index contributed by atoms with van der Waals surface area (Å²) in [5.74, 6) is -0.921. The maximum absolute atomic E-state index is 14.0. The number of halogens is 2. The van der Waals surface area contributed by atoms with E-state index in [0.717, 1.165) is 4.31 Å². The first-order valence-corrected chi connectivity index (χ1v) is 15.1. The Labute approximate surface area is 246 Å². The van der Waals surface area contributed by atoms with Crippen molar-refractivity contribution in [3.05, 3.63) is 89.2 Å². The molecule has 3 rings (SSSR count). The molecule has 3 aromatic rings. The summed E-state index contributed by atoms with van der Waals surface area (Å²) >= 11 is 6.06. The van der Waals surface area contributed by atoms with Crippen molar-refractivity contribution < 1.29 is 27.1 Å². The quantitative estimate of drug-likeness (QED) is 0.282. The number of sulfonamides is 1. The smallest absolute Gasteiger partial charge is 0.264 e. The van der Waals surface area contributed by atoms with Gasteiger partial charge in [-0.15, -0.1) is 0 Å². The minimum atomic E-state index is -4.24. The van der Waals surface area contributed by atoms with Crippen LogP contribution in [0.4, 0.5) is 10.1 Å². The van der Waals surface area contributed by atoms with Crippen LogP contribution in [0, 0.1) is 5.82 Å². The maximum Gasteiger partial charge on any atom is 0.264 e. The van der Waals surface area contributed by atoms with Crippen LogP contribution in [0.15, 0.2) is 77.7 Å². The van der Waals surface area contributed by atoms with Gasteiger partial charge in [0, 0.05) is 17.6 Å². The van der Waals surface area contributed by atoms with Crippen LogP contribution in [0.25, 0.3) is 0 Å². The highest BCUT2D eigenvalue weighted by atomic mass is 35.5. The van der Waals surface area contributed by atoms with E-state index in [4.69, 9.17) is 16.3 Å². The summed E-state index contributed by atoms with van der Waals surface area (Å²) in [5, 5.41) is 3.31. The third kappa shape index (κ3) is 8.20. The van der Waals surface area contributed by atoms with E-state index in [1.54, 1.807) is 6.92 Å². The number of nitrogens with zero attached hydrogens (tertiary/aromatic N) is 2. The number of benzene rings is 3. The number of amides is 2. The standard InChI is InChI=1S/C30H35ClFN3O5S/c1-5-21(3)33-30(37)28(6-2)34(19-22-7-11-24(32)12-8-22)29(36)20-35(25-13-9-23(31)10-14-25)41(38,39)27-17-15-26(40-4)16-18-27/h7-18,21,28H,5-6,19-20H2,1-4H3,(H,33,37)/t21-,28-/m0/s1. The molecule has 0 aromatic heterocycles. The molecule has 41 heavy (non-hydrogen) atoms. The zero-order valence-corrected chi connectivity index (χ0v) is 25.1. The summed E-state index contributed by atoms with van der Waals surface area (Å²) < 4.78 is 47.5. The Bertz CT molecular complexity index is 1420. The van der Waals surface area contributed by atoms with Crippen molar-refractivity contribution in [1.82, 2.24) is 10.2 Å². The Morgan fingerprint density at radius 3 is 2.10 bits per heavy atom. The van der Waals surface area contributed by atoms with E-state index in [1.807, 2.05) is 13.8 Å². The topological polar surface area (TPSA) is 96.0 Å². The number of carbonyl (C=O) groups excluding carboxylic acids is 2. The van der Waals surface area contributed by atoms with E-state index < -0.39 is 34.3 Å². The Balaban J connectivity index is 2.05. The van der Waals surface area contributed by atoms with Crippen molar-refractivity contribution in [1.29, 1.82) is 0 Å². The molecule has 0 heterocycles. The number of rotatable bonds is 13. The summed E-state index contributed by atoms with van der Waals surface area (Å²) in [6.07, 6.45) is 0.972. The Kier molecular flexibility index (Phi) is 11.1. The molecule has 0 bridgehead atoms. The molecule has 220 valence electrons. The normalized spacial score (nSPS) is 12.7. The lowest BCUT2D eigenvalue weighted by Crippen LogP contribution is -2.53. The summed E-state index contributed by atoms with van der Waals surface area (Å²) in [5.41, 5.74) is 0.808. The molecule has 0 aliphatic heterocycles. The molecule has 0 saturated carbocycles. The third-order valence-corrected chi connectivity index (χ3v) is 8.73. The van der Waals surface area contributed by atoms with Gasteiger partial charge in [0.1, 0.15) is 24.2 Å². The van der Waals surface area contributed by atoms with Crippen LogP contribution in [-0.2, 0) is 26.2 Å². The van der Waals surface area contributed by atoms with Crippen molar-refractivity contribution in [3.63, 3.8) is 0 Å². The number of methoxy groups -OCH3 is 1. The molecule has 0 saturated heterocycles. The van der Waals surface area contributed by atoms with E-state index in [9.17, 15) is 22.4 Å². The molecule has 8 nitrogen and oxygen atoms in total. The number of hydrogen-bond donors (Lipinski definition) is 1. The lowest BCUT2D eigenvalue weighted by atomic mass is 10.1. The summed E-state index contributed by atoms with van der Waals surface area (Å²) in [6.45, 7) is 4.95. The third-order valence-electron chi connectivity index (χ3n) is 6.69. The monoisotopic (exact) mass is 603 g/mol. The summed E-state index contributed by atoms with van der Waals surface area (Å²) in [4.78, 5) is 28.6. The van der Waals surface area contributed by atoms with Gasteiger partial charge in [-0.05, 0) is 86.0 Å². The molecule has 0 aliphatic rings. The van der Waals surface area contributed by atoms with E-state index in [-0.39, 0.29) is 35.5 Å². The van der Waals surface area contributed by atoms with Gasteiger partial charge in [-0.25, -0.2) is 12.8 Å². The van der Waals surface area contributed by atoms with Gasteiger partial charge in [0.15, 0.2) is 0 Å². The van der Waals surface area contributed by atoms with E-state index in [0.29, 0.717) is 22.8 Å². The molecule has 3 aromatic carbocycles. The first kappa shape index (κ1) is 31.9. The molecule has 0 unspecified atom stereocenters.